The van der Waals surface area contributed by atoms with Crippen molar-refractivity contribution in [2.75, 3.05) is 28.6 Å². The summed E-state index contributed by atoms with van der Waals surface area (Å²) in [5.74, 6) is 2.15. The van der Waals surface area contributed by atoms with Crippen LogP contribution in [0.4, 0.5) is 5.69 Å². The summed E-state index contributed by atoms with van der Waals surface area (Å²) in [6.45, 7) is -0.402. The van der Waals surface area contributed by atoms with Crippen LogP contribution >= 0.6 is 23.4 Å². The number of amides is 1. The third kappa shape index (κ3) is 6.38. The van der Waals surface area contributed by atoms with Crippen molar-refractivity contribution in [3.8, 4) is 5.75 Å². The van der Waals surface area contributed by atoms with Gasteiger partial charge < -0.3 is 4.74 Å². The van der Waals surface area contributed by atoms with E-state index in [1.807, 2.05) is 36.0 Å². The van der Waals surface area contributed by atoms with Gasteiger partial charge in [0.2, 0.25) is 10.0 Å². The molecule has 1 heterocycles. The lowest BCUT2D eigenvalue weighted by Gasteiger charge is -2.25. The zero-order chi connectivity index (χ0) is 20.9. The molecule has 1 aliphatic heterocycles. The van der Waals surface area contributed by atoms with Crippen LogP contribution in [0.2, 0.25) is 5.02 Å². The molecule has 10 heteroatoms. The predicted molar refractivity (Wildman–Crippen MR) is 118 cm³/mol. The summed E-state index contributed by atoms with van der Waals surface area (Å²) in [6.07, 6.45) is 2.75. The molecule has 1 N–H and O–H groups in total. The standard InChI is InChI=1S/C19H20ClN3O4S2/c1-29(25,26)23(16-7-5-15(20)6-8-16)11-19(24)22-21-10-14-3-2-4-17(9-14)27-18-12-28-13-18/h2-10,18H,11-13H2,1H3,(H,22,24). The Hall–Kier alpha value is -2.23. The number of rotatable bonds is 8. The Morgan fingerprint density at radius 3 is 2.66 bits per heavy atom. The highest BCUT2D eigenvalue weighted by atomic mass is 35.5. The lowest BCUT2D eigenvalue weighted by Crippen LogP contribution is -2.39. The molecule has 0 saturated carbocycles. The smallest absolute Gasteiger partial charge is 0.260 e. The van der Waals surface area contributed by atoms with Crippen LogP contribution in [-0.4, -0.2) is 50.9 Å². The number of nitrogens with zero attached hydrogens (tertiary/aromatic N) is 2. The fraction of sp³-hybridized carbons (Fsp3) is 0.263. The molecule has 1 aliphatic rings. The lowest BCUT2D eigenvalue weighted by molar-refractivity contribution is -0.119. The monoisotopic (exact) mass is 453 g/mol. The van der Waals surface area contributed by atoms with E-state index in [1.54, 1.807) is 12.1 Å². The normalized spacial score (nSPS) is 14.4. The molecule has 0 unspecified atom stereocenters. The maximum Gasteiger partial charge on any atom is 0.260 e. The molecule has 0 spiro atoms. The zero-order valence-electron chi connectivity index (χ0n) is 15.6. The van der Waals surface area contributed by atoms with Crippen LogP contribution in [0.25, 0.3) is 0 Å². The molecular weight excluding hydrogens is 434 g/mol. The van der Waals surface area contributed by atoms with Crippen molar-refractivity contribution in [1.82, 2.24) is 5.43 Å². The molecule has 2 aromatic rings. The highest BCUT2D eigenvalue weighted by molar-refractivity contribution is 8.00. The van der Waals surface area contributed by atoms with E-state index in [-0.39, 0.29) is 6.10 Å². The van der Waals surface area contributed by atoms with Gasteiger partial charge in [-0.15, -0.1) is 0 Å². The molecule has 7 nitrogen and oxygen atoms in total. The maximum atomic E-state index is 12.2. The van der Waals surface area contributed by atoms with Crippen molar-refractivity contribution < 1.29 is 17.9 Å². The molecule has 0 aliphatic carbocycles. The Labute approximate surface area is 179 Å². The van der Waals surface area contributed by atoms with Gasteiger partial charge >= 0.3 is 0 Å². The minimum atomic E-state index is -3.66. The second kappa shape index (κ2) is 9.51. The van der Waals surface area contributed by atoms with Crippen molar-refractivity contribution in [2.45, 2.75) is 6.10 Å². The van der Waals surface area contributed by atoms with Crippen molar-refractivity contribution in [2.24, 2.45) is 5.10 Å². The van der Waals surface area contributed by atoms with Gasteiger partial charge in [0.05, 0.1) is 18.2 Å². The van der Waals surface area contributed by atoms with Gasteiger partial charge in [0, 0.05) is 16.5 Å². The molecule has 154 valence electrons. The van der Waals surface area contributed by atoms with E-state index < -0.39 is 22.5 Å². The Balaban J connectivity index is 1.60. The summed E-state index contributed by atoms with van der Waals surface area (Å²) in [5.41, 5.74) is 3.45. The van der Waals surface area contributed by atoms with Crippen LogP contribution in [0.1, 0.15) is 5.56 Å². The number of sulfonamides is 1. The van der Waals surface area contributed by atoms with E-state index in [1.165, 1.54) is 18.3 Å². The molecule has 0 aromatic heterocycles. The van der Waals surface area contributed by atoms with Crippen molar-refractivity contribution in [3.05, 3.63) is 59.1 Å². The van der Waals surface area contributed by atoms with E-state index in [4.69, 9.17) is 16.3 Å². The summed E-state index contributed by atoms with van der Waals surface area (Å²) < 4.78 is 30.9. The molecule has 1 fully saturated rings. The van der Waals surface area contributed by atoms with Gasteiger partial charge in [0.1, 0.15) is 18.4 Å². The number of carbonyl (C=O) groups excluding carboxylic acids is 1. The van der Waals surface area contributed by atoms with Crippen LogP contribution in [0.3, 0.4) is 0 Å². The Morgan fingerprint density at radius 1 is 1.31 bits per heavy atom. The first-order chi connectivity index (χ1) is 13.8. The number of hydrazone groups is 1. The number of hydrogen-bond acceptors (Lipinski definition) is 6. The van der Waals surface area contributed by atoms with Gasteiger partial charge in [-0.05, 0) is 42.0 Å². The molecule has 1 saturated heterocycles. The summed E-state index contributed by atoms with van der Waals surface area (Å²) in [4.78, 5) is 12.2. The first kappa shape index (κ1) is 21.5. The molecule has 0 radical (unpaired) electrons. The second-order valence-electron chi connectivity index (χ2n) is 6.39. The van der Waals surface area contributed by atoms with Gasteiger partial charge in [-0.25, -0.2) is 13.8 Å². The second-order valence-corrected chi connectivity index (χ2v) is 9.81. The van der Waals surface area contributed by atoms with Gasteiger partial charge in [0.15, 0.2) is 0 Å². The van der Waals surface area contributed by atoms with Crippen LogP contribution in [0.5, 0.6) is 5.75 Å². The Bertz CT molecular complexity index is 993. The quantitative estimate of drug-likeness (QED) is 0.490. The number of hydrogen-bond donors (Lipinski definition) is 1. The Morgan fingerprint density at radius 2 is 2.03 bits per heavy atom. The molecular formula is C19H20ClN3O4S2. The van der Waals surface area contributed by atoms with E-state index >= 15 is 0 Å². The number of benzene rings is 2. The fourth-order valence-corrected chi connectivity index (χ4v) is 4.04. The summed E-state index contributed by atoms with van der Waals surface area (Å²) in [7, 11) is -3.66. The van der Waals surface area contributed by atoms with Gasteiger partial charge in [-0.3, -0.25) is 9.10 Å². The summed E-state index contributed by atoms with van der Waals surface area (Å²) >= 11 is 7.68. The largest absolute Gasteiger partial charge is 0.489 e. The molecule has 29 heavy (non-hydrogen) atoms. The van der Waals surface area contributed by atoms with E-state index in [2.05, 4.69) is 10.5 Å². The number of nitrogens with one attached hydrogen (secondary N) is 1. The highest BCUT2D eigenvalue weighted by Gasteiger charge is 2.21. The minimum absolute atomic E-state index is 0.238. The third-order valence-corrected chi connectivity index (χ3v) is 6.58. The van der Waals surface area contributed by atoms with Crippen LogP contribution in [-0.2, 0) is 14.8 Å². The van der Waals surface area contributed by atoms with Gasteiger partial charge in [-0.2, -0.15) is 16.9 Å². The number of anilines is 1. The minimum Gasteiger partial charge on any atom is -0.489 e. The Kier molecular flexibility index (Phi) is 7.05. The maximum absolute atomic E-state index is 12.2. The average molecular weight is 454 g/mol. The number of carbonyl (C=O) groups is 1. The SMILES string of the molecule is CS(=O)(=O)N(CC(=O)NN=Cc1cccc(OC2CSC2)c1)c1ccc(Cl)cc1. The van der Waals surface area contributed by atoms with Crippen molar-refractivity contribution >= 4 is 51.2 Å². The van der Waals surface area contributed by atoms with Crippen LogP contribution in [0.15, 0.2) is 53.6 Å². The zero-order valence-corrected chi connectivity index (χ0v) is 18.0. The molecule has 0 atom stereocenters. The van der Waals surface area contributed by atoms with Crippen molar-refractivity contribution in [3.63, 3.8) is 0 Å². The molecule has 3 rings (SSSR count). The lowest BCUT2D eigenvalue weighted by atomic mass is 10.2. The van der Waals surface area contributed by atoms with Gasteiger partial charge in [-0.1, -0.05) is 23.7 Å². The molecule has 1 amide bonds. The van der Waals surface area contributed by atoms with Crippen LogP contribution in [0, 0.1) is 0 Å². The third-order valence-electron chi connectivity index (χ3n) is 3.97. The van der Waals surface area contributed by atoms with E-state index in [0.29, 0.717) is 10.7 Å². The summed E-state index contributed by atoms with van der Waals surface area (Å²) in [6, 6.07) is 13.6. The summed E-state index contributed by atoms with van der Waals surface area (Å²) in [5, 5.41) is 4.38. The average Bonchev–Trinajstić information content (AvgIpc) is 2.63. The topological polar surface area (TPSA) is 88.1 Å². The number of halogens is 1. The first-order valence-electron chi connectivity index (χ1n) is 8.71. The van der Waals surface area contributed by atoms with E-state index in [9.17, 15) is 13.2 Å². The fourth-order valence-electron chi connectivity index (χ4n) is 2.49. The number of ether oxygens (including phenoxy) is 1. The molecule has 2 aromatic carbocycles. The molecule has 0 bridgehead atoms. The van der Waals surface area contributed by atoms with Crippen molar-refractivity contribution in [1.29, 1.82) is 0 Å². The van der Waals surface area contributed by atoms with E-state index in [0.717, 1.165) is 33.4 Å². The number of thioether (sulfide) groups is 1. The first-order valence-corrected chi connectivity index (χ1v) is 12.1. The van der Waals surface area contributed by atoms with Crippen LogP contribution < -0.4 is 14.5 Å². The predicted octanol–water partition coefficient (Wildman–Crippen LogP) is 2.75. The highest BCUT2D eigenvalue weighted by Crippen LogP contribution is 2.24. The van der Waals surface area contributed by atoms with Gasteiger partial charge in [0.25, 0.3) is 5.91 Å².